The van der Waals surface area contributed by atoms with Crippen LogP contribution in [0.4, 0.5) is 5.82 Å². The Labute approximate surface area is 109 Å². The summed E-state index contributed by atoms with van der Waals surface area (Å²) >= 11 is 0. The fraction of sp³-hybridized carbons (Fsp3) is 0.600. The van der Waals surface area contributed by atoms with E-state index in [9.17, 15) is 0 Å². The third-order valence-electron chi connectivity index (χ3n) is 3.92. The highest BCUT2D eigenvalue weighted by atomic mass is 15.0. The molecule has 1 fully saturated rings. The van der Waals surface area contributed by atoms with Crippen molar-refractivity contribution >= 4 is 5.82 Å². The predicted molar refractivity (Wildman–Crippen MR) is 73.3 cm³/mol. The Morgan fingerprint density at radius 3 is 2.67 bits per heavy atom. The summed E-state index contributed by atoms with van der Waals surface area (Å²) in [6, 6.07) is 6.42. The quantitative estimate of drug-likeness (QED) is 0.881. The molecule has 0 amide bonds. The number of nitrogens with one attached hydrogen (secondary N) is 1. The maximum absolute atomic E-state index is 9.09. The monoisotopic (exact) mass is 243 g/mol. The number of hydrogen-bond donors (Lipinski definition) is 1. The first-order valence-electron chi connectivity index (χ1n) is 6.87. The van der Waals surface area contributed by atoms with Crippen molar-refractivity contribution in [1.29, 1.82) is 5.26 Å². The van der Waals surface area contributed by atoms with Crippen LogP contribution in [0.15, 0.2) is 12.1 Å². The Morgan fingerprint density at radius 2 is 2.06 bits per heavy atom. The smallest absolute Gasteiger partial charge is 0.144 e. The molecule has 0 unspecified atom stereocenters. The molecule has 0 aliphatic heterocycles. The Balaban J connectivity index is 2.02. The van der Waals surface area contributed by atoms with Crippen LogP contribution in [0.2, 0.25) is 0 Å². The summed E-state index contributed by atoms with van der Waals surface area (Å²) in [6.45, 7) is 4.23. The van der Waals surface area contributed by atoms with E-state index in [1.807, 2.05) is 19.1 Å². The molecule has 96 valence electrons. The third kappa shape index (κ3) is 3.01. The second-order valence-electron chi connectivity index (χ2n) is 5.23. The van der Waals surface area contributed by atoms with Crippen molar-refractivity contribution in [2.75, 3.05) is 5.32 Å². The lowest BCUT2D eigenvalue weighted by Crippen LogP contribution is -2.26. The van der Waals surface area contributed by atoms with Gasteiger partial charge in [-0.2, -0.15) is 5.26 Å². The molecule has 1 aromatic heterocycles. The van der Waals surface area contributed by atoms with Crippen molar-refractivity contribution in [3.8, 4) is 6.07 Å². The van der Waals surface area contributed by atoms with Gasteiger partial charge < -0.3 is 5.32 Å². The van der Waals surface area contributed by atoms with Crippen LogP contribution in [0, 0.1) is 24.2 Å². The van der Waals surface area contributed by atoms with Crippen LogP contribution in [0.1, 0.15) is 50.3 Å². The third-order valence-corrected chi connectivity index (χ3v) is 3.92. The molecule has 3 heteroatoms. The van der Waals surface area contributed by atoms with Crippen LogP contribution in [-0.4, -0.2) is 11.0 Å². The summed E-state index contributed by atoms with van der Waals surface area (Å²) in [5.41, 5.74) is 1.61. The van der Waals surface area contributed by atoms with E-state index in [0.717, 1.165) is 17.4 Å². The molecular weight excluding hydrogens is 222 g/mol. The van der Waals surface area contributed by atoms with Crippen molar-refractivity contribution in [3.05, 3.63) is 23.4 Å². The largest absolute Gasteiger partial charge is 0.366 e. The lowest BCUT2D eigenvalue weighted by atomic mass is 9.84. The normalized spacial score (nSPS) is 23.4. The van der Waals surface area contributed by atoms with Gasteiger partial charge in [0.2, 0.25) is 0 Å². The number of anilines is 1. The molecule has 1 aliphatic carbocycles. The Bertz CT molecular complexity index is 440. The molecule has 1 saturated carbocycles. The van der Waals surface area contributed by atoms with Gasteiger partial charge in [0.15, 0.2) is 0 Å². The number of nitrogens with zero attached hydrogens (tertiary/aromatic N) is 2. The topological polar surface area (TPSA) is 48.7 Å². The minimum atomic E-state index is 0.481. The highest BCUT2D eigenvalue weighted by Crippen LogP contribution is 2.28. The van der Waals surface area contributed by atoms with Crippen molar-refractivity contribution in [2.45, 2.75) is 52.0 Å². The molecule has 0 saturated heterocycles. The van der Waals surface area contributed by atoms with Gasteiger partial charge in [0.05, 0.1) is 5.56 Å². The van der Waals surface area contributed by atoms with Crippen LogP contribution in [0.3, 0.4) is 0 Å². The molecule has 0 aromatic carbocycles. The van der Waals surface area contributed by atoms with Gasteiger partial charge in [0.25, 0.3) is 0 Å². The minimum Gasteiger partial charge on any atom is -0.366 e. The van der Waals surface area contributed by atoms with E-state index in [-0.39, 0.29) is 0 Å². The van der Waals surface area contributed by atoms with Crippen molar-refractivity contribution in [2.24, 2.45) is 5.92 Å². The van der Waals surface area contributed by atoms with Gasteiger partial charge in [-0.3, -0.25) is 0 Å². The summed E-state index contributed by atoms with van der Waals surface area (Å²) in [5, 5.41) is 12.5. The van der Waals surface area contributed by atoms with Gasteiger partial charge in [-0.1, -0.05) is 13.3 Å². The molecule has 2 rings (SSSR count). The number of hydrogen-bond acceptors (Lipinski definition) is 3. The Hall–Kier alpha value is -1.56. The van der Waals surface area contributed by atoms with Crippen molar-refractivity contribution in [3.63, 3.8) is 0 Å². The van der Waals surface area contributed by atoms with Crippen LogP contribution >= 0.6 is 0 Å². The molecular formula is C15H21N3. The van der Waals surface area contributed by atoms with E-state index in [1.54, 1.807) is 0 Å². The van der Waals surface area contributed by atoms with Crippen LogP contribution in [0.25, 0.3) is 0 Å². The molecule has 1 heterocycles. The molecule has 1 N–H and O–H groups in total. The summed E-state index contributed by atoms with van der Waals surface area (Å²) in [7, 11) is 0. The highest BCUT2D eigenvalue weighted by Gasteiger charge is 2.20. The molecule has 0 bridgehead atoms. The first-order chi connectivity index (χ1) is 8.72. The minimum absolute atomic E-state index is 0.481. The zero-order valence-electron chi connectivity index (χ0n) is 11.2. The average Bonchev–Trinajstić information content (AvgIpc) is 2.40. The zero-order chi connectivity index (χ0) is 13.0. The zero-order valence-corrected chi connectivity index (χ0v) is 11.2. The maximum Gasteiger partial charge on any atom is 0.144 e. The number of nitriles is 1. The first kappa shape index (κ1) is 12.9. The summed E-state index contributed by atoms with van der Waals surface area (Å²) in [5.74, 6) is 1.65. The van der Waals surface area contributed by atoms with E-state index in [4.69, 9.17) is 5.26 Å². The van der Waals surface area contributed by atoms with Gasteiger partial charge in [-0.15, -0.1) is 0 Å². The first-order valence-corrected chi connectivity index (χ1v) is 6.87. The van der Waals surface area contributed by atoms with E-state index in [0.29, 0.717) is 11.6 Å². The van der Waals surface area contributed by atoms with Gasteiger partial charge in [0, 0.05) is 11.7 Å². The molecule has 1 aliphatic rings. The maximum atomic E-state index is 9.09. The molecule has 0 radical (unpaired) electrons. The van der Waals surface area contributed by atoms with Gasteiger partial charge in [-0.05, 0) is 50.7 Å². The van der Waals surface area contributed by atoms with Gasteiger partial charge in [0.1, 0.15) is 11.9 Å². The predicted octanol–water partition coefficient (Wildman–Crippen LogP) is 3.64. The average molecular weight is 243 g/mol. The van der Waals surface area contributed by atoms with E-state index in [1.165, 1.54) is 32.1 Å². The van der Waals surface area contributed by atoms with Gasteiger partial charge >= 0.3 is 0 Å². The van der Waals surface area contributed by atoms with E-state index in [2.05, 4.69) is 23.3 Å². The molecule has 0 spiro atoms. The molecule has 3 nitrogen and oxygen atoms in total. The van der Waals surface area contributed by atoms with Gasteiger partial charge in [-0.25, -0.2) is 4.98 Å². The molecule has 18 heavy (non-hydrogen) atoms. The summed E-state index contributed by atoms with van der Waals surface area (Å²) in [4.78, 5) is 4.44. The second kappa shape index (κ2) is 5.86. The number of rotatable bonds is 3. The lowest BCUT2D eigenvalue weighted by Gasteiger charge is -2.29. The SMILES string of the molecule is CCC1CCC(Nc2nc(C)ccc2C#N)CC1. The summed E-state index contributed by atoms with van der Waals surface area (Å²) < 4.78 is 0. The fourth-order valence-corrected chi connectivity index (χ4v) is 2.67. The van der Waals surface area contributed by atoms with Crippen molar-refractivity contribution in [1.82, 2.24) is 4.98 Å². The fourth-order valence-electron chi connectivity index (χ4n) is 2.67. The van der Waals surface area contributed by atoms with Crippen molar-refractivity contribution < 1.29 is 0 Å². The van der Waals surface area contributed by atoms with Crippen LogP contribution in [-0.2, 0) is 0 Å². The number of pyridine rings is 1. The Kier molecular flexibility index (Phi) is 4.19. The molecule has 0 atom stereocenters. The van der Waals surface area contributed by atoms with Crippen LogP contribution < -0.4 is 5.32 Å². The molecule has 1 aromatic rings. The number of aryl methyl sites for hydroxylation is 1. The lowest BCUT2D eigenvalue weighted by molar-refractivity contribution is 0.330. The highest BCUT2D eigenvalue weighted by molar-refractivity contribution is 5.52. The summed E-state index contributed by atoms with van der Waals surface area (Å²) in [6.07, 6.45) is 6.26. The Morgan fingerprint density at radius 1 is 1.33 bits per heavy atom. The van der Waals surface area contributed by atoms with E-state index >= 15 is 0 Å². The van der Waals surface area contributed by atoms with E-state index < -0.39 is 0 Å². The standard InChI is InChI=1S/C15H21N3/c1-3-12-5-8-14(9-6-12)18-15-13(10-16)7-4-11(2)17-15/h4,7,12,14H,3,5-6,8-9H2,1-2H3,(H,17,18). The van der Waals surface area contributed by atoms with Crippen LogP contribution in [0.5, 0.6) is 0 Å². The number of aromatic nitrogens is 1. The second-order valence-corrected chi connectivity index (χ2v) is 5.23.